The number of aromatic hydroxyl groups is 1. The summed E-state index contributed by atoms with van der Waals surface area (Å²) in [4.78, 5) is 0. The van der Waals surface area contributed by atoms with Crippen molar-refractivity contribution >= 4 is 0 Å². The van der Waals surface area contributed by atoms with Crippen LogP contribution in [0.5, 0.6) is 17.2 Å². The second-order valence-electron chi connectivity index (χ2n) is 3.07. The summed E-state index contributed by atoms with van der Waals surface area (Å²) < 4.78 is 9.43. The average molecular weight is 200 g/mol. The van der Waals surface area contributed by atoms with Crippen LogP contribution in [-0.4, -0.2) is 4.74 Å². The summed E-state index contributed by atoms with van der Waals surface area (Å²) in [5.74, 6) is 2.47. The Balaban J connectivity index is 2.11. The molecule has 1 N–H and O–H groups in total. The molecule has 2 nitrogen and oxygen atoms in total. The van der Waals surface area contributed by atoms with Crippen molar-refractivity contribution in [2.75, 3.05) is 0 Å². The minimum Gasteiger partial charge on any atom is -0.722 e. The van der Waals surface area contributed by atoms with Crippen LogP contribution in [0.2, 0.25) is 0 Å². The van der Waals surface area contributed by atoms with Gasteiger partial charge in [0.1, 0.15) is 11.5 Å². The van der Waals surface area contributed by atoms with Crippen molar-refractivity contribution in [3.8, 4) is 17.2 Å². The summed E-state index contributed by atoms with van der Waals surface area (Å²) in [5, 5.41) is 0. The van der Waals surface area contributed by atoms with E-state index in [0.717, 1.165) is 17.2 Å². The van der Waals surface area contributed by atoms with Crippen LogP contribution >= 0.6 is 0 Å². The maximum absolute atomic E-state index is 5.62. The molecular weight excluding hydrogens is 188 g/mol. The van der Waals surface area contributed by atoms with Gasteiger partial charge < -0.3 is 9.47 Å². The quantitative estimate of drug-likeness (QED) is 0.549. The van der Waals surface area contributed by atoms with Gasteiger partial charge in [0.2, 0.25) is 5.75 Å². The molecule has 0 saturated carbocycles. The summed E-state index contributed by atoms with van der Waals surface area (Å²) in [6.07, 6.45) is 0. The lowest BCUT2D eigenvalue weighted by molar-refractivity contribution is 0.185. The Labute approximate surface area is 89.1 Å². The first-order valence-electron chi connectivity index (χ1n) is 4.68. The third kappa shape index (κ3) is 2.50. The molecule has 0 bridgehead atoms. The second kappa shape index (κ2) is 4.51. The van der Waals surface area contributed by atoms with E-state index in [4.69, 9.17) is 4.74 Å². The molecule has 2 rings (SSSR count). The van der Waals surface area contributed by atoms with Crippen LogP contribution in [0.25, 0.3) is 0 Å². The normalized spacial score (nSPS) is 9.67. The van der Waals surface area contributed by atoms with E-state index >= 15 is 0 Å². The number of ether oxygens (including phenoxy) is 2. The van der Waals surface area contributed by atoms with Crippen molar-refractivity contribution in [3.05, 3.63) is 61.7 Å². The Morgan fingerprint density at radius 3 is 2.00 bits per heavy atom. The molecule has 0 heterocycles. The smallest absolute Gasteiger partial charge is 0.226 e. The van der Waals surface area contributed by atoms with Crippen LogP contribution in [0.15, 0.2) is 54.6 Å². The molecule has 0 spiro atoms. The van der Waals surface area contributed by atoms with Crippen LogP contribution in [-0.2, 0) is 0 Å². The van der Waals surface area contributed by atoms with E-state index in [0.29, 0.717) is 0 Å². The fraction of sp³-hybridized carbons (Fsp3) is 0. The Hall–Kier alpha value is -1.96. The highest BCUT2D eigenvalue weighted by molar-refractivity contribution is 5.34. The molecule has 0 aliphatic carbocycles. The van der Waals surface area contributed by atoms with E-state index in [1.807, 2.05) is 54.6 Å². The lowest BCUT2D eigenvalue weighted by Crippen LogP contribution is -1.83. The van der Waals surface area contributed by atoms with Gasteiger partial charge in [0.15, 0.2) is 0 Å². The van der Waals surface area contributed by atoms with Crippen LogP contribution in [0, 0.1) is 7.11 Å². The topological polar surface area (TPSA) is 22.0 Å². The number of rotatable bonds is 3. The van der Waals surface area contributed by atoms with Crippen molar-refractivity contribution in [2.24, 2.45) is 0 Å². The van der Waals surface area contributed by atoms with Gasteiger partial charge in [-0.05, 0) is 31.4 Å². The molecule has 0 unspecified atom stereocenters. The molecule has 0 amide bonds. The maximum atomic E-state index is 5.62. The highest BCUT2D eigenvalue weighted by Crippen LogP contribution is 2.23. The van der Waals surface area contributed by atoms with Crippen LogP contribution < -0.4 is 4.74 Å². The number of para-hydroxylation sites is 1. The van der Waals surface area contributed by atoms with E-state index in [1.54, 1.807) is 0 Å². The molecular formula is C13H12O2. The molecule has 15 heavy (non-hydrogen) atoms. The van der Waals surface area contributed by atoms with Crippen molar-refractivity contribution in [2.45, 2.75) is 0 Å². The number of benzene rings is 2. The summed E-state index contributed by atoms with van der Waals surface area (Å²) in [7, 11) is 3.45. The third-order valence-electron chi connectivity index (χ3n) is 2.00. The van der Waals surface area contributed by atoms with E-state index in [1.165, 1.54) is 0 Å². The molecule has 2 aromatic rings. The lowest BCUT2D eigenvalue weighted by Gasteiger charge is -2.06. The maximum Gasteiger partial charge on any atom is 0.226 e. The monoisotopic (exact) mass is 200 g/mol. The van der Waals surface area contributed by atoms with Gasteiger partial charge >= 0.3 is 0 Å². The van der Waals surface area contributed by atoms with Crippen LogP contribution in [0.4, 0.5) is 0 Å². The fourth-order valence-corrected chi connectivity index (χ4v) is 1.24. The summed E-state index contributed by atoms with van der Waals surface area (Å²) in [6.45, 7) is 0. The predicted molar refractivity (Wildman–Crippen MR) is 60.0 cm³/mol. The predicted octanol–water partition coefficient (Wildman–Crippen LogP) is 3.51. The minimum absolute atomic E-state index is 0.800. The SMILES string of the molecule is [CH2-][OH+]c1ccc(Oc2ccccc2)cc1. The molecule has 2 aromatic carbocycles. The third-order valence-corrected chi connectivity index (χ3v) is 2.00. The largest absolute Gasteiger partial charge is 0.722 e. The molecule has 0 radical (unpaired) electrons. The van der Waals surface area contributed by atoms with E-state index in [-0.39, 0.29) is 0 Å². The van der Waals surface area contributed by atoms with Crippen LogP contribution in [0.1, 0.15) is 0 Å². The average Bonchev–Trinajstić information content (AvgIpc) is 2.31. The Morgan fingerprint density at radius 1 is 0.800 bits per heavy atom. The summed E-state index contributed by atoms with van der Waals surface area (Å²) in [5.41, 5.74) is 0. The standard InChI is InChI=1S/C13H12O2/c1-14-11-7-9-13(10-8-11)15-12-5-3-2-4-6-12/h2-10,14H,1H2. The van der Waals surface area contributed by atoms with E-state index in [2.05, 4.69) is 11.8 Å². The summed E-state index contributed by atoms with van der Waals surface area (Å²) >= 11 is 0. The number of hydrogen-bond donors (Lipinski definition) is 0. The summed E-state index contributed by atoms with van der Waals surface area (Å²) in [6, 6.07) is 17.1. The number of hydrogen-bond acceptors (Lipinski definition) is 1. The van der Waals surface area contributed by atoms with Gasteiger partial charge in [-0.2, -0.15) is 0 Å². The van der Waals surface area contributed by atoms with Crippen molar-refractivity contribution in [3.63, 3.8) is 0 Å². The van der Waals surface area contributed by atoms with Gasteiger partial charge in [-0.15, -0.1) is 0 Å². The molecule has 0 atom stereocenters. The first-order valence-corrected chi connectivity index (χ1v) is 4.68. The highest BCUT2D eigenvalue weighted by Gasteiger charge is 1.97. The van der Waals surface area contributed by atoms with Gasteiger partial charge in [-0.3, -0.25) is 0 Å². The van der Waals surface area contributed by atoms with Crippen LogP contribution in [0.3, 0.4) is 0 Å². The first kappa shape index (κ1) is 9.59. The Bertz CT molecular complexity index is 406. The van der Waals surface area contributed by atoms with Crippen molar-refractivity contribution in [1.29, 1.82) is 0 Å². The zero-order valence-electron chi connectivity index (χ0n) is 8.26. The van der Waals surface area contributed by atoms with Gasteiger partial charge in [-0.25, -0.2) is 0 Å². The fourth-order valence-electron chi connectivity index (χ4n) is 1.24. The van der Waals surface area contributed by atoms with Gasteiger partial charge in [0.25, 0.3) is 0 Å². The Morgan fingerprint density at radius 2 is 1.40 bits per heavy atom. The second-order valence-corrected chi connectivity index (χ2v) is 3.07. The van der Waals surface area contributed by atoms with Gasteiger partial charge in [0.05, 0.1) is 0 Å². The Kier molecular flexibility index (Phi) is 2.88. The minimum atomic E-state index is 0.800. The number of aliphatic hydroxyl groups is 1. The zero-order valence-corrected chi connectivity index (χ0v) is 8.26. The molecule has 2 heteroatoms. The van der Waals surface area contributed by atoms with Gasteiger partial charge in [0, 0.05) is 12.1 Å². The molecule has 76 valence electrons. The molecule has 0 saturated heterocycles. The molecule has 0 fully saturated rings. The van der Waals surface area contributed by atoms with Crippen molar-refractivity contribution < 1.29 is 9.47 Å². The molecule has 0 aliphatic heterocycles. The molecule has 0 aromatic heterocycles. The molecule has 0 aliphatic rings. The van der Waals surface area contributed by atoms with Crippen molar-refractivity contribution in [1.82, 2.24) is 0 Å². The first-order chi connectivity index (χ1) is 7.38. The van der Waals surface area contributed by atoms with E-state index in [9.17, 15) is 0 Å². The zero-order chi connectivity index (χ0) is 10.5. The van der Waals surface area contributed by atoms with Gasteiger partial charge in [-0.1, -0.05) is 18.2 Å². The highest BCUT2D eigenvalue weighted by atomic mass is 16.5. The lowest BCUT2D eigenvalue weighted by atomic mass is 10.3. The van der Waals surface area contributed by atoms with E-state index < -0.39 is 0 Å².